The van der Waals surface area contributed by atoms with Crippen LogP contribution < -0.4 is 5.73 Å². The van der Waals surface area contributed by atoms with Crippen LogP contribution in [-0.2, 0) is 0 Å². The van der Waals surface area contributed by atoms with E-state index < -0.39 is 5.91 Å². The SMILES string of the molecule is Cc1cc(C(N)=O)cc(-n2nc(C)cc2C)n1. The highest BCUT2D eigenvalue weighted by Gasteiger charge is 2.09. The minimum atomic E-state index is -0.460. The monoisotopic (exact) mass is 230 g/mol. The van der Waals surface area contributed by atoms with E-state index in [2.05, 4.69) is 10.1 Å². The molecule has 1 amide bonds. The number of aromatic nitrogens is 3. The van der Waals surface area contributed by atoms with Crippen LogP contribution in [0.1, 0.15) is 27.4 Å². The van der Waals surface area contributed by atoms with Gasteiger partial charge in [-0.15, -0.1) is 0 Å². The molecule has 2 N–H and O–H groups in total. The number of hydrogen-bond acceptors (Lipinski definition) is 3. The van der Waals surface area contributed by atoms with Crippen molar-refractivity contribution in [1.29, 1.82) is 0 Å². The summed E-state index contributed by atoms with van der Waals surface area (Å²) in [5.74, 6) is 0.155. The van der Waals surface area contributed by atoms with Crippen LogP contribution in [0.25, 0.3) is 5.82 Å². The number of amides is 1. The quantitative estimate of drug-likeness (QED) is 0.844. The molecule has 88 valence electrons. The molecule has 0 saturated carbocycles. The summed E-state index contributed by atoms with van der Waals surface area (Å²) in [7, 11) is 0. The molecule has 5 heteroatoms. The van der Waals surface area contributed by atoms with Gasteiger partial charge in [-0.05, 0) is 39.0 Å². The average Bonchev–Trinajstić information content (AvgIpc) is 2.57. The highest BCUT2D eigenvalue weighted by Crippen LogP contribution is 2.12. The van der Waals surface area contributed by atoms with Crippen molar-refractivity contribution in [2.75, 3.05) is 0 Å². The second kappa shape index (κ2) is 4.01. The predicted octanol–water partition coefficient (Wildman–Crippen LogP) is 1.29. The first kappa shape index (κ1) is 11.3. The molecular weight excluding hydrogens is 216 g/mol. The molecule has 0 radical (unpaired) electrons. The predicted molar refractivity (Wildman–Crippen MR) is 64.1 cm³/mol. The lowest BCUT2D eigenvalue weighted by atomic mass is 10.2. The smallest absolute Gasteiger partial charge is 0.248 e. The Labute approximate surface area is 99.3 Å². The third kappa shape index (κ3) is 2.18. The number of nitrogens with two attached hydrogens (primary N) is 1. The molecule has 0 aliphatic carbocycles. The number of carbonyl (C=O) groups excluding carboxylic acids is 1. The summed E-state index contributed by atoms with van der Waals surface area (Å²) in [5.41, 5.74) is 8.34. The molecule has 5 nitrogen and oxygen atoms in total. The first-order valence-corrected chi connectivity index (χ1v) is 5.29. The molecule has 0 bridgehead atoms. The molecule has 2 aromatic rings. The van der Waals surface area contributed by atoms with E-state index in [1.165, 1.54) is 0 Å². The molecule has 0 unspecified atom stereocenters. The minimum Gasteiger partial charge on any atom is -0.366 e. The van der Waals surface area contributed by atoms with Gasteiger partial charge in [0.05, 0.1) is 5.69 Å². The van der Waals surface area contributed by atoms with Gasteiger partial charge in [-0.2, -0.15) is 5.10 Å². The Hall–Kier alpha value is -2.17. The van der Waals surface area contributed by atoms with E-state index in [-0.39, 0.29) is 0 Å². The average molecular weight is 230 g/mol. The van der Waals surface area contributed by atoms with Gasteiger partial charge in [0.2, 0.25) is 5.91 Å². The fraction of sp³-hybridized carbons (Fsp3) is 0.250. The first-order chi connectivity index (χ1) is 7.97. The number of aryl methyl sites for hydroxylation is 3. The summed E-state index contributed by atoms with van der Waals surface area (Å²) in [6.45, 7) is 5.67. The third-order valence-corrected chi connectivity index (χ3v) is 2.45. The Kier molecular flexibility index (Phi) is 2.67. The van der Waals surface area contributed by atoms with Crippen LogP contribution >= 0.6 is 0 Å². The minimum absolute atomic E-state index is 0.444. The lowest BCUT2D eigenvalue weighted by molar-refractivity contribution is 0.1000. The van der Waals surface area contributed by atoms with Crippen molar-refractivity contribution < 1.29 is 4.79 Å². The van der Waals surface area contributed by atoms with Crippen LogP contribution in [-0.4, -0.2) is 20.7 Å². The van der Waals surface area contributed by atoms with E-state index in [4.69, 9.17) is 5.73 Å². The maximum atomic E-state index is 11.2. The standard InChI is InChI=1S/C12H14N4O/c1-7-5-10(12(13)17)6-11(14-7)16-9(3)4-8(2)15-16/h4-6H,1-3H3,(H2,13,17). The molecule has 0 aliphatic rings. The number of nitrogens with zero attached hydrogens (tertiary/aromatic N) is 3. The lowest BCUT2D eigenvalue weighted by Gasteiger charge is -2.06. The molecule has 0 aromatic carbocycles. The van der Waals surface area contributed by atoms with Crippen LogP contribution in [0.5, 0.6) is 0 Å². The Balaban J connectivity index is 2.59. The number of hydrogen-bond donors (Lipinski definition) is 1. The highest BCUT2D eigenvalue weighted by molar-refractivity contribution is 5.93. The van der Waals surface area contributed by atoms with E-state index in [1.54, 1.807) is 16.8 Å². The van der Waals surface area contributed by atoms with Crippen molar-refractivity contribution in [3.8, 4) is 5.82 Å². The summed E-state index contributed by atoms with van der Waals surface area (Å²) in [4.78, 5) is 15.5. The van der Waals surface area contributed by atoms with Gasteiger partial charge in [0.15, 0.2) is 5.82 Å². The van der Waals surface area contributed by atoms with Gasteiger partial charge in [0.25, 0.3) is 0 Å². The van der Waals surface area contributed by atoms with E-state index in [1.807, 2.05) is 26.8 Å². The van der Waals surface area contributed by atoms with Crippen molar-refractivity contribution in [2.45, 2.75) is 20.8 Å². The summed E-state index contributed by atoms with van der Waals surface area (Å²) in [6.07, 6.45) is 0. The zero-order valence-electron chi connectivity index (χ0n) is 10.1. The molecule has 2 aromatic heterocycles. The fourth-order valence-electron chi connectivity index (χ4n) is 1.76. The number of carbonyl (C=O) groups is 1. The molecule has 0 saturated heterocycles. The maximum Gasteiger partial charge on any atom is 0.248 e. The normalized spacial score (nSPS) is 10.5. The number of rotatable bonds is 2. The first-order valence-electron chi connectivity index (χ1n) is 5.29. The maximum absolute atomic E-state index is 11.2. The van der Waals surface area contributed by atoms with Gasteiger partial charge < -0.3 is 5.73 Å². The Morgan fingerprint density at radius 1 is 1.18 bits per heavy atom. The summed E-state index contributed by atoms with van der Waals surface area (Å²) >= 11 is 0. The van der Waals surface area contributed by atoms with Crippen molar-refractivity contribution in [3.05, 3.63) is 40.8 Å². The van der Waals surface area contributed by atoms with Crippen LogP contribution in [0.15, 0.2) is 18.2 Å². The van der Waals surface area contributed by atoms with E-state index >= 15 is 0 Å². The van der Waals surface area contributed by atoms with Gasteiger partial charge in [0.1, 0.15) is 0 Å². The Bertz CT molecular complexity index is 586. The topological polar surface area (TPSA) is 73.8 Å². The van der Waals surface area contributed by atoms with Crippen molar-refractivity contribution >= 4 is 5.91 Å². The molecular formula is C12H14N4O. The van der Waals surface area contributed by atoms with Crippen molar-refractivity contribution in [3.63, 3.8) is 0 Å². The van der Waals surface area contributed by atoms with Crippen LogP contribution in [0, 0.1) is 20.8 Å². The lowest BCUT2D eigenvalue weighted by Crippen LogP contribution is -2.13. The van der Waals surface area contributed by atoms with Crippen LogP contribution in [0.4, 0.5) is 0 Å². The van der Waals surface area contributed by atoms with Crippen LogP contribution in [0.3, 0.4) is 0 Å². The zero-order chi connectivity index (χ0) is 12.6. The second-order valence-electron chi connectivity index (χ2n) is 4.06. The Morgan fingerprint density at radius 2 is 1.88 bits per heavy atom. The molecule has 0 fully saturated rings. The molecule has 2 rings (SSSR count). The summed E-state index contributed by atoms with van der Waals surface area (Å²) in [6, 6.07) is 5.26. The van der Waals surface area contributed by atoms with Crippen molar-refractivity contribution in [1.82, 2.24) is 14.8 Å². The number of primary amides is 1. The van der Waals surface area contributed by atoms with Gasteiger partial charge in [-0.25, -0.2) is 9.67 Å². The van der Waals surface area contributed by atoms with E-state index in [9.17, 15) is 4.79 Å². The van der Waals surface area contributed by atoms with Gasteiger partial charge in [0, 0.05) is 17.0 Å². The van der Waals surface area contributed by atoms with E-state index in [0.29, 0.717) is 11.4 Å². The molecule has 0 aliphatic heterocycles. The zero-order valence-corrected chi connectivity index (χ0v) is 10.1. The molecule has 17 heavy (non-hydrogen) atoms. The molecule has 0 spiro atoms. The third-order valence-electron chi connectivity index (χ3n) is 2.45. The van der Waals surface area contributed by atoms with Crippen LogP contribution in [0.2, 0.25) is 0 Å². The van der Waals surface area contributed by atoms with E-state index in [0.717, 1.165) is 17.1 Å². The van der Waals surface area contributed by atoms with Gasteiger partial charge >= 0.3 is 0 Å². The van der Waals surface area contributed by atoms with Gasteiger partial charge in [-0.1, -0.05) is 0 Å². The fourth-order valence-corrected chi connectivity index (χ4v) is 1.76. The summed E-state index contributed by atoms with van der Waals surface area (Å²) < 4.78 is 1.70. The Morgan fingerprint density at radius 3 is 2.41 bits per heavy atom. The molecule has 0 atom stereocenters. The summed E-state index contributed by atoms with van der Waals surface area (Å²) in [5, 5.41) is 4.32. The van der Waals surface area contributed by atoms with Gasteiger partial charge in [-0.3, -0.25) is 4.79 Å². The number of pyridine rings is 1. The second-order valence-corrected chi connectivity index (χ2v) is 4.06. The van der Waals surface area contributed by atoms with Crippen molar-refractivity contribution in [2.24, 2.45) is 5.73 Å². The largest absolute Gasteiger partial charge is 0.366 e. The molecule has 2 heterocycles. The highest BCUT2D eigenvalue weighted by atomic mass is 16.1.